The van der Waals surface area contributed by atoms with Crippen LogP contribution < -0.4 is 11.1 Å². The minimum atomic E-state index is -0.0451. The van der Waals surface area contributed by atoms with Gasteiger partial charge in [-0.2, -0.15) is 0 Å². The van der Waals surface area contributed by atoms with Gasteiger partial charge in [-0.25, -0.2) is 0 Å². The molecule has 2 atom stereocenters. The fourth-order valence-corrected chi connectivity index (χ4v) is 2.66. The summed E-state index contributed by atoms with van der Waals surface area (Å²) in [5.74, 6) is -0.00672. The van der Waals surface area contributed by atoms with E-state index in [1.54, 1.807) is 0 Å². The second-order valence-electron chi connectivity index (χ2n) is 5.04. The van der Waals surface area contributed by atoms with Gasteiger partial charge in [-0.3, -0.25) is 4.79 Å². The minimum Gasteiger partial charge on any atom is -0.393 e. The fraction of sp³-hybridized carbons (Fsp3) is 0.467. The van der Waals surface area contributed by atoms with Crippen LogP contribution in [0, 0.1) is 5.92 Å². The molecule has 0 aliphatic carbocycles. The van der Waals surface area contributed by atoms with Crippen molar-refractivity contribution in [2.24, 2.45) is 11.7 Å². The van der Waals surface area contributed by atoms with Gasteiger partial charge in [-0.1, -0.05) is 31.3 Å². The number of ether oxygens (including phenoxy) is 1. The van der Waals surface area contributed by atoms with Crippen molar-refractivity contribution in [3.8, 4) is 0 Å². The smallest absolute Gasteiger partial charge is 0.230 e. The molecule has 5 heteroatoms. The van der Waals surface area contributed by atoms with E-state index < -0.39 is 0 Å². The van der Waals surface area contributed by atoms with Gasteiger partial charge in [-0.15, -0.1) is 0 Å². The summed E-state index contributed by atoms with van der Waals surface area (Å²) in [6.07, 6.45) is 2.29. The van der Waals surface area contributed by atoms with Crippen LogP contribution in [-0.2, 0) is 16.0 Å². The highest BCUT2D eigenvalue weighted by molar-refractivity contribution is 7.80. The van der Waals surface area contributed by atoms with Gasteiger partial charge in [0, 0.05) is 18.7 Å². The van der Waals surface area contributed by atoms with E-state index in [1.165, 1.54) is 0 Å². The van der Waals surface area contributed by atoms with E-state index in [1.807, 2.05) is 31.2 Å². The van der Waals surface area contributed by atoms with Crippen molar-refractivity contribution in [3.63, 3.8) is 0 Å². The Hall–Kier alpha value is -1.46. The molecule has 0 saturated carbocycles. The number of thiocarbonyl (C=S) groups is 1. The Bertz CT molecular complexity index is 487. The molecule has 1 amide bonds. The molecule has 1 aliphatic rings. The van der Waals surface area contributed by atoms with Crippen molar-refractivity contribution in [3.05, 3.63) is 29.8 Å². The summed E-state index contributed by atoms with van der Waals surface area (Å²) >= 11 is 4.87. The van der Waals surface area contributed by atoms with Gasteiger partial charge in [0.2, 0.25) is 5.91 Å². The molecule has 1 aromatic carbocycles. The van der Waals surface area contributed by atoms with Gasteiger partial charge in [-0.05, 0) is 30.5 Å². The topological polar surface area (TPSA) is 64.3 Å². The maximum absolute atomic E-state index is 12.2. The van der Waals surface area contributed by atoms with Crippen molar-refractivity contribution >= 4 is 28.8 Å². The fourth-order valence-electron chi connectivity index (χ4n) is 2.49. The molecule has 108 valence electrons. The standard InChI is InChI=1S/C15H20N2O2S/c1-2-13-12(7-8-19-13)15(18)17-11-5-3-10(4-6-11)9-14(16)20/h3-6,12-13H,2,7-9H2,1H3,(H2,16,20)(H,17,18). The lowest BCUT2D eigenvalue weighted by atomic mass is 9.98. The molecule has 1 aliphatic heterocycles. The van der Waals surface area contributed by atoms with Gasteiger partial charge in [0.25, 0.3) is 0 Å². The Morgan fingerprint density at radius 1 is 1.45 bits per heavy atom. The molecule has 0 radical (unpaired) electrons. The minimum absolute atomic E-state index is 0.0384. The monoisotopic (exact) mass is 292 g/mol. The molecular formula is C15H20N2O2S. The Morgan fingerprint density at radius 2 is 2.15 bits per heavy atom. The third-order valence-corrected chi connectivity index (χ3v) is 3.69. The van der Waals surface area contributed by atoms with Gasteiger partial charge in [0.05, 0.1) is 17.0 Å². The summed E-state index contributed by atoms with van der Waals surface area (Å²) in [5.41, 5.74) is 7.35. The average molecular weight is 292 g/mol. The number of carbonyl (C=O) groups is 1. The number of carbonyl (C=O) groups excluding carboxylic acids is 1. The second kappa shape index (κ2) is 6.81. The third kappa shape index (κ3) is 3.77. The highest BCUT2D eigenvalue weighted by Crippen LogP contribution is 2.25. The number of amides is 1. The summed E-state index contributed by atoms with van der Waals surface area (Å²) in [4.78, 5) is 12.7. The summed E-state index contributed by atoms with van der Waals surface area (Å²) in [6.45, 7) is 2.71. The van der Waals surface area contributed by atoms with Crippen molar-refractivity contribution in [2.75, 3.05) is 11.9 Å². The Kier molecular flexibility index (Phi) is 5.09. The zero-order valence-electron chi connectivity index (χ0n) is 11.6. The van der Waals surface area contributed by atoms with E-state index in [2.05, 4.69) is 5.32 Å². The van der Waals surface area contributed by atoms with Crippen molar-refractivity contribution < 1.29 is 9.53 Å². The van der Waals surface area contributed by atoms with Gasteiger partial charge < -0.3 is 15.8 Å². The highest BCUT2D eigenvalue weighted by Gasteiger charge is 2.32. The number of rotatable bonds is 5. The molecule has 1 saturated heterocycles. The van der Waals surface area contributed by atoms with Crippen LogP contribution in [0.25, 0.3) is 0 Å². The molecule has 1 fully saturated rings. The van der Waals surface area contributed by atoms with Gasteiger partial charge >= 0.3 is 0 Å². The quantitative estimate of drug-likeness (QED) is 0.817. The SMILES string of the molecule is CCC1OCCC1C(=O)Nc1ccc(CC(N)=S)cc1. The zero-order chi connectivity index (χ0) is 14.5. The van der Waals surface area contributed by atoms with Gasteiger partial charge in [0.15, 0.2) is 0 Å². The zero-order valence-corrected chi connectivity index (χ0v) is 12.4. The number of nitrogens with one attached hydrogen (secondary N) is 1. The van der Waals surface area contributed by atoms with E-state index in [4.69, 9.17) is 22.7 Å². The van der Waals surface area contributed by atoms with Crippen molar-refractivity contribution in [1.82, 2.24) is 0 Å². The molecule has 2 rings (SSSR count). The number of hydrogen-bond acceptors (Lipinski definition) is 3. The molecule has 20 heavy (non-hydrogen) atoms. The number of anilines is 1. The predicted octanol–water partition coefficient (Wildman–Crippen LogP) is 2.27. The summed E-state index contributed by atoms with van der Waals surface area (Å²) in [6, 6.07) is 7.61. The van der Waals surface area contributed by atoms with Crippen molar-refractivity contribution in [1.29, 1.82) is 0 Å². The maximum Gasteiger partial charge on any atom is 0.230 e. The molecule has 0 spiro atoms. The van der Waals surface area contributed by atoms with Crippen LogP contribution in [-0.4, -0.2) is 23.6 Å². The molecule has 3 N–H and O–H groups in total. The third-order valence-electron chi connectivity index (χ3n) is 3.55. The van der Waals surface area contributed by atoms with Crippen LogP contribution in [0.1, 0.15) is 25.3 Å². The molecule has 0 bridgehead atoms. The van der Waals surface area contributed by atoms with Crippen LogP contribution in [0.2, 0.25) is 0 Å². The summed E-state index contributed by atoms with van der Waals surface area (Å²) < 4.78 is 5.55. The van der Waals surface area contributed by atoms with Crippen LogP contribution in [0.3, 0.4) is 0 Å². The molecule has 1 heterocycles. The predicted molar refractivity (Wildman–Crippen MR) is 83.7 cm³/mol. The lowest BCUT2D eigenvalue weighted by molar-refractivity contribution is -0.121. The molecule has 1 aromatic rings. The molecule has 0 aromatic heterocycles. The van der Waals surface area contributed by atoms with Crippen LogP contribution in [0.5, 0.6) is 0 Å². The lowest BCUT2D eigenvalue weighted by Crippen LogP contribution is -2.29. The first-order chi connectivity index (χ1) is 9.60. The van der Waals surface area contributed by atoms with Crippen LogP contribution in [0.4, 0.5) is 5.69 Å². The van der Waals surface area contributed by atoms with E-state index in [0.717, 1.165) is 24.1 Å². The van der Waals surface area contributed by atoms with Gasteiger partial charge in [0.1, 0.15) is 0 Å². The maximum atomic E-state index is 12.2. The Morgan fingerprint density at radius 3 is 2.75 bits per heavy atom. The molecule has 2 unspecified atom stereocenters. The summed E-state index contributed by atoms with van der Waals surface area (Å²) in [5, 5.41) is 2.95. The highest BCUT2D eigenvalue weighted by atomic mass is 32.1. The van der Waals surface area contributed by atoms with Crippen LogP contribution >= 0.6 is 12.2 Å². The van der Waals surface area contributed by atoms with E-state index in [9.17, 15) is 4.79 Å². The first-order valence-corrected chi connectivity index (χ1v) is 7.30. The number of hydrogen-bond donors (Lipinski definition) is 2. The molecule has 4 nitrogen and oxygen atoms in total. The van der Waals surface area contributed by atoms with Crippen LogP contribution in [0.15, 0.2) is 24.3 Å². The average Bonchev–Trinajstić information content (AvgIpc) is 2.89. The van der Waals surface area contributed by atoms with E-state index in [-0.39, 0.29) is 17.9 Å². The summed E-state index contributed by atoms with van der Waals surface area (Å²) in [7, 11) is 0. The van der Waals surface area contributed by atoms with Crippen molar-refractivity contribution in [2.45, 2.75) is 32.3 Å². The largest absolute Gasteiger partial charge is 0.393 e. The van der Waals surface area contributed by atoms with E-state index in [0.29, 0.717) is 18.0 Å². The lowest BCUT2D eigenvalue weighted by Gasteiger charge is -2.16. The first-order valence-electron chi connectivity index (χ1n) is 6.90. The first kappa shape index (κ1) is 14.9. The normalized spacial score (nSPS) is 21.6. The second-order valence-corrected chi connectivity index (χ2v) is 5.57. The Balaban J connectivity index is 1.95. The number of nitrogens with two attached hydrogens (primary N) is 1. The molecular weight excluding hydrogens is 272 g/mol. The number of benzene rings is 1. The Labute approximate surface area is 124 Å². The van der Waals surface area contributed by atoms with E-state index >= 15 is 0 Å².